The summed E-state index contributed by atoms with van der Waals surface area (Å²) in [4.78, 5) is 11.0. The Morgan fingerprint density at radius 3 is 2.38 bits per heavy atom. The highest BCUT2D eigenvalue weighted by molar-refractivity contribution is 5.88. The first-order valence-corrected chi connectivity index (χ1v) is 7.21. The second-order valence-corrected chi connectivity index (χ2v) is 5.19. The van der Waals surface area contributed by atoms with Crippen molar-refractivity contribution < 1.29 is 9.90 Å². The van der Waals surface area contributed by atoms with Gasteiger partial charge in [0, 0.05) is 12.0 Å². The molecule has 0 amide bonds. The molecule has 2 aromatic carbocycles. The van der Waals surface area contributed by atoms with E-state index in [1.807, 2.05) is 56.3 Å². The quantitative estimate of drug-likeness (QED) is 0.809. The van der Waals surface area contributed by atoms with Crippen LogP contribution in [-0.2, 0) is 4.79 Å². The van der Waals surface area contributed by atoms with Gasteiger partial charge in [-0.05, 0) is 30.7 Å². The van der Waals surface area contributed by atoms with E-state index in [4.69, 9.17) is 5.11 Å². The number of benzene rings is 2. The van der Waals surface area contributed by atoms with Gasteiger partial charge in [0.05, 0.1) is 5.41 Å². The Hall–Kier alpha value is -2.27. The number of carboxylic acid groups (broad SMARTS) is 1. The maximum atomic E-state index is 11.0. The Labute approximate surface area is 126 Å². The van der Waals surface area contributed by atoms with Gasteiger partial charge in [-0.1, -0.05) is 62.1 Å². The summed E-state index contributed by atoms with van der Waals surface area (Å²) in [6.45, 7) is 7.38. The van der Waals surface area contributed by atoms with E-state index in [0.29, 0.717) is 6.42 Å². The molecule has 2 nitrogen and oxygen atoms in total. The van der Waals surface area contributed by atoms with E-state index in [1.54, 1.807) is 13.8 Å². The third kappa shape index (κ3) is 4.36. The van der Waals surface area contributed by atoms with E-state index < -0.39 is 11.4 Å². The summed E-state index contributed by atoms with van der Waals surface area (Å²) in [5.41, 5.74) is 0.136. The molecule has 0 fully saturated rings. The van der Waals surface area contributed by atoms with Gasteiger partial charge in [-0.25, -0.2) is 0 Å². The summed E-state index contributed by atoms with van der Waals surface area (Å²) >= 11 is 0. The minimum atomic E-state index is -0.820. The summed E-state index contributed by atoms with van der Waals surface area (Å²) in [6, 6.07) is 14.0. The normalized spacial score (nSPS) is 10.1. The molecule has 2 aromatic rings. The summed E-state index contributed by atoms with van der Waals surface area (Å²) in [6.07, 6.45) is 0.339. The van der Waals surface area contributed by atoms with Gasteiger partial charge in [-0.15, -0.1) is 0 Å². The van der Waals surface area contributed by atoms with Crippen molar-refractivity contribution in [3.63, 3.8) is 0 Å². The Morgan fingerprint density at radius 2 is 1.71 bits per heavy atom. The molecular weight excluding hydrogens is 260 g/mol. The lowest BCUT2D eigenvalue weighted by atomic mass is 9.90. The van der Waals surface area contributed by atoms with Crippen molar-refractivity contribution in [2.75, 3.05) is 0 Å². The first-order chi connectivity index (χ1) is 10.0. The first kappa shape index (κ1) is 16.8. The molecule has 0 saturated carbocycles. The molecule has 21 heavy (non-hydrogen) atoms. The average molecular weight is 282 g/mol. The van der Waals surface area contributed by atoms with Crippen LogP contribution in [0.15, 0.2) is 42.5 Å². The summed E-state index contributed by atoms with van der Waals surface area (Å²) in [7, 11) is 0. The predicted octanol–water partition coefficient (Wildman–Crippen LogP) is 4.72. The number of hydrogen-bond acceptors (Lipinski definition) is 1. The minimum Gasteiger partial charge on any atom is -0.481 e. The molecule has 0 aliphatic heterocycles. The van der Waals surface area contributed by atoms with Crippen molar-refractivity contribution in [3.8, 4) is 11.8 Å². The lowest BCUT2D eigenvalue weighted by Crippen LogP contribution is -2.22. The lowest BCUT2D eigenvalue weighted by Gasteiger charge is -2.14. The van der Waals surface area contributed by atoms with E-state index in [-0.39, 0.29) is 0 Å². The molecule has 0 bridgehead atoms. The summed E-state index contributed by atoms with van der Waals surface area (Å²) in [5.74, 6) is 5.25. The van der Waals surface area contributed by atoms with Crippen molar-refractivity contribution in [3.05, 3.63) is 48.0 Å². The van der Waals surface area contributed by atoms with Gasteiger partial charge in [0.15, 0.2) is 0 Å². The summed E-state index contributed by atoms with van der Waals surface area (Å²) in [5, 5.41) is 11.3. The van der Waals surface area contributed by atoms with Crippen LogP contribution in [0.2, 0.25) is 0 Å². The van der Waals surface area contributed by atoms with Crippen LogP contribution in [0.1, 0.15) is 39.7 Å². The number of aliphatic carboxylic acids is 1. The van der Waals surface area contributed by atoms with Crippen LogP contribution in [0.3, 0.4) is 0 Å². The molecule has 110 valence electrons. The van der Waals surface area contributed by atoms with Gasteiger partial charge in [-0.3, -0.25) is 4.79 Å². The molecule has 0 aliphatic rings. The molecule has 2 heteroatoms. The van der Waals surface area contributed by atoms with Crippen molar-refractivity contribution in [2.45, 2.75) is 34.1 Å². The van der Waals surface area contributed by atoms with Crippen LogP contribution in [0, 0.1) is 17.3 Å². The van der Waals surface area contributed by atoms with Crippen LogP contribution in [0.25, 0.3) is 10.8 Å². The maximum Gasteiger partial charge on any atom is 0.310 e. The Kier molecular flexibility index (Phi) is 5.99. The predicted molar refractivity (Wildman–Crippen MR) is 88.2 cm³/mol. The van der Waals surface area contributed by atoms with Crippen molar-refractivity contribution in [2.24, 2.45) is 5.41 Å². The molecule has 0 saturated heterocycles. The highest BCUT2D eigenvalue weighted by atomic mass is 16.4. The van der Waals surface area contributed by atoms with Gasteiger partial charge in [-0.2, -0.15) is 0 Å². The van der Waals surface area contributed by atoms with Gasteiger partial charge in [0.2, 0.25) is 0 Å². The molecule has 1 N–H and O–H groups in total. The smallest absolute Gasteiger partial charge is 0.310 e. The second kappa shape index (κ2) is 7.50. The molecule has 0 heterocycles. The van der Waals surface area contributed by atoms with E-state index >= 15 is 0 Å². The molecular formula is C19H22O2. The highest BCUT2D eigenvalue weighted by Gasteiger charge is 2.25. The van der Waals surface area contributed by atoms with Gasteiger partial charge >= 0.3 is 5.97 Å². The fourth-order valence-corrected chi connectivity index (χ4v) is 1.77. The standard InChI is InChI=1S/C17H16O2.C2H6/c1-17(2,16(18)19)12-6-10-14-9-5-8-13-7-3-4-11-15(13)14;1-2/h3-5,7-9,11H,12H2,1-2H3,(H,18,19);1-2H3. The third-order valence-corrected chi connectivity index (χ3v) is 3.12. The maximum absolute atomic E-state index is 11.0. The fourth-order valence-electron chi connectivity index (χ4n) is 1.77. The summed E-state index contributed by atoms with van der Waals surface area (Å²) < 4.78 is 0. The minimum absolute atomic E-state index is 0.339. The third-order valence-electron chi connectivity index (χ3n) is 3.12. The molecule has 0 atom stereocenters. The molecule has 0 unspecified atom stereocenters. The molecule has 0 radical (unpaired) electrons. The first-order valence-electron chi connectivity index (χ1n) is 7.21. The second-order valence-electron chi connectivity index (χ2n) is 5.19. The van der Waals surface area contributed by atoms with E-state index in [2.05, 4.69) is 11.8 Å². The van der Waals surface area contributed by atoms with Crippen LogP contribution in [0.4, 0.5) is 0 Å². The SMILES string of the molecule is CC.CC(C)(CC#Cc1cccc2ccccc12)C(=O)O. The zero-order chi connectivity index (χ0) is 15.9. The number of carbonyl (C=O) groups is 1. The van der Waals surface area contributed by atoms with Crippen LogP contribution < -0.4 is 0 Å². The molecule has 0 spiro atoms. The Bertz CT molecular complexity index is 667. The van der Waals surface area contributed by atoms with Crippen molar-refractivity contribution >= 4 is 16.7 Å². The Balaban J connectivity index is 0.00000106. The molecule has 0 aromatic heterocycles. The van der Waals surface area contributed by atoms with Crippen LogP contribution in [0.5, 0.6) is 0 Å². The van der Waals surface area contributed by atoms with Gasteiger partial charge < -0.3 is 5.11 Å². The number of rotatable bonds is 2. The number of carboxylic acids is 1. The molecule has 0 aliphatic carbocycles. The van der Waals surface area contributed by atoms with Crippen LogP contribution in [-0.4, -0.2) is 11.1 Å². The topological polar surface area (TPSA) is 37.3 Å². The lowest BCUT2D eigenvalue weighted by molar-refractivity contribution is -0.146. The van der Waals surface area contributed by atoms with E-state index in [9.17, 15) is 4.79 Å². The van der Waals surface area contributed by atoms with Crippen molar-refractivity contribution in [1.29, 1.82) is 0 Å². The van der Waals surface area contributed by atoms with E-state index in [1.165, 1.54) is 0 Å². The zero-order valence-corrected chi connectivity index (χ0v) is 13.1. The number of fused-ring (bicyclic) bond motifs is 1. The average Bonchev–Trinajstić information content (AvgIpc) is 2.49. The molecule has 2 rings (SSSR count). The van der Waals surface area contributed by atoms with Crippen molar-refractivity contribution in [1.82, 2.24) is 0 Å². The highest BCUT2D eigenvalue weighted by Crippen LogP contribution is 2.20. The monoisotopic (exact) mass is 282 g/mol. The van der Waals surface area contributed by atoms with Gasteiger partial charge in [0.1, 0.15) is 0 Å². The Morgan fingerprint density at radius 1 is 1.10 bits per heavy atom. The van der Waals surface area contributed by atoms with Crippen LogP contribution >= 0.6 is 0 Å². The largest absolute Gasteiger partial charge is 0.481 e. The van der Waals surface area contributed by atoms with E-state index in [0.717, 1.165) is 16.3 Å². The fraction of sp³-hybridized carbons (Fsp3) is 0.316. The zero-order valence-electron chi connectivity index (χ0n) is 13.1. The number of hydrogen-bond donors (Lipinski definition) is 1. The van der Waals surface area contributed by atoms with Gasteiger partial charge in [0.25, 0.3) is 0 Å².